The molecule has 0 spiro atoms. The first kappa shape index (κ1) is 19.8. The highest BCUT2D eigenvalue weighted by Crippen LogP contribution is 2.26. The third-order valence-corrected chi connectivity index (χ3v) is 4.47. The van der Waals surface area contributed by atoms with Crippen molar-refractivity contribution < 1.29 is 9.84 Å². The Morgan fingerprint density at radius 1 is 1.18 bits per heavy atom. The van der Waals surface area contributed by atoms with E-state index < -0.39 is 0 Å². The van der Waals surface area contributed by atoms with Crippen LogP contribution in [0.5, 0.6) is 5.88 Å². The molecule has 0 saturated heterocycles. The molecule has 0 aliphatic heterocycles. The molecule has 0 unspecified atom stereocenters. The lowest BCUT2D eigenvalue weighted by Gasteiger charge is -2.14. The van der Waals surface area contributed by atoms with Gasteiger partial charge in [-0.15, -0.1) is 0 Å². The zero-order valence-corrected chi connectivity index (χ0v) is 16.6. The van der Waals surface area contributed by atoms with Crippen LogP contribution in [-0.2, 0) is 0 Å². The number of aryl methyl sites for hydroxylation is 1. The lowest BCUT2D eigenvalue weighted by Crippen LogP contribution is -2.13. The van der Waals surface area contributed by atoms with Gasteiger partial charge in [0.15, 0.2) is 5.82 Å². The summed E-state index contributed by atoms with van der Waals surface area (Å²) in [7, 11) is 0. The predicted molar refractivity (Wildman–Crippen MR) is 112 cm³/mol. The van der Waals surface area contributed by atoms with Crippen molar-refractivity contribution in [1.82, 2.24) is 15.0 Å². The van der Waals surface area contributed by atoms with Crippen molar-refractivity contribution in [3.05, 3.63) is 42.4 Å². The molecule has 28 heavy (non-hydrogen) atoms. The summed E-state index contributed by atoms with van der Waals surface area (Å²) in [4.78, 5) is 13.4. The zero-order chi connectivity index (χ0) is 19.9. The van der Waals surface area contributed by atoms with Crippen LogP contribution in [-0.4, -0.2) is 39.3 Å². The van der Waals surface area contributed by atoms with E-state index in [2.05, 4.69) is 32.5 Å². The summed E-state index contributed by atoms with van der Waals surface area (Å²) < 4.78 is 5.85. The van der Waals surface area contributed by atoms with E-state index in [0.29, 0.717) is 30.5 Å². The first-order chi connectivity index (χ1) is 13.6. The number of hydrogen-bond donors (Lipinski definition) is 3. The van der Waals surface area contributed by atoms with Crippen molar-refractivity contribution in [2.24, 2.45) is 0 Å². The maximum absolute atomic E-state index is 8.95. The largest absolute Gasteiger partial charge is 0.473 e. The molecule has 2 aromatic heterocycles. The Kier molecular flexibility index (Phi) is 6.60. The van der Waals surface area contributed by atoms with Crippen LogP contribution in [0.2, 0.25) is 0 Å². The van der Waals surface area contributed by atoms with Gasteiger partial charge in [0.05, 0.1) is 18.0 Å². The van der Waals surface area contributed by atoms with Crippen LogP contribution in [0.4, 0.5) is 17.3 Å². The minimum atomic E-state index is 0.0822. The standard InChI is InChI=1S/C21H27N5O2/c1-4-14(2)28-21-15(3)23-13-20(26-21)25-19-11-16-7-5-8-18(17(16)12-24-19)22-9-6-10-27/h5,7-8,11-14,22,27H,4,6,9-10H2,1-3H3,(H,24,25,26)/t14-/m1/s1. The highest BCUT2D eigenvalue weighted by Gasteiger charge is 2.10. The monoisotopic (exact) mass is 381 g/mol. The van der Waals surface area contributed by atoms with Crippen LogP contribution in [0, 0.1) is 6.92 Å². The predicted octanol–water partition coefficient (Wildman–Crippen LogP) is 4.05. The van der Waals surface area contributed by atoms with Gasteiger partial charge in [0.25, 0.3) is 0 Å². The van der Waals surface area contributed by atoms with Crippen molar-refractivity contribution in [1.29, 1.82) is 0 Å². The van der Waals surface area contributed by atoms with E-state index in [1.165, 1.54) is 0 Å². The fourth-order valence-electron chi connectivity index (χ4n) is 2.71. The lowest BCUT2D eigenvalue weighted by molar-refractivity contribution is 0.206. The van der Waals surface area contributed by atoms with Crippen molar-refractivity contribution in [2.75, 3.05) is 23.8 Å². The second-order valence-corrected chi connectivity index (χ2v) is 6.71. The molecular formula is C21H27N5O2. The summed E-state index contributed by atoms with van der Waals surface area (Å²) in [5.74, 6) is 1.82. The van der Waals surface area contributed by atoms with Crippen LogP contribution in [0.3, 0.4) is 0 Å². The Morgan fingerprint density at radius 3 is 2.82 bits per heavy atom. The van der Waals surface area contributed by atoms with Gasteiger partial charge in [-0.3, -0.25) is 4.98 Å². The Morgan fingerprint density at radius 2 is 2.04 bits per heavy atom. The number of pyridine rings is 1. The number of anilines is 3. The van der Waals surface area contributed by atoms with Gasteiger partial charge in [-0.05, 0) is 44.2 Å². The third-order valence-electron chi connectivity index (χ3n) is 4.47. The number of aliphatic hydroxyl groups is 1. The molecule has 0 amide bonds. The summed E-state index contributed by atoms with van der Waals surface area (Å²) >= 11 is 0. The zero-order valence-electron chi connectivity index (χ0n) is 16.6. The minimum absolute atomic E-state index is 0.0822. The molecule has 0 bridgehead atoms. The van der Waals surface area contributed by atoms with Crippen molar-refractivity contribution in [2.45, 2.75) is 39.7 Å². The van der Waals surface area contributed by atoms with Crippen molar-refractivity contribution >= 4 is 28.1 Å². The minimum Gasteiger partial charge on any atom is -0.473 e. The topological polar surface area (TPSA) is 92.2 Å². The van der Waals surface area contributed by atoms with Gasteiger partial charge >= 0.3 is 0 Å². The van der Waals surface area contributed by atoms with E-state index in [9.17, 15) is 0 Å². The maximum atomic E-state index is 8.95. The van der Waals surface area contributed by atoms with Gasteiger partial charge in [0.1, 0.15) is 5.82 Å². The summed E-state index contributed by atoms with van der Waals surface area (Å²) in [6.45, 7) is 6.85. The maximum Gasteiger partial charge on any atom is 0.237 e. The van der Waals surface area contributed by atoms with E-state index in [1.54, 1.807) is 6.20 Å². The molecule has 3 rings (SSSR count). The molecule has 0 aliphatic carbocycles. The first-order valence-corrected chi connectivity index (χ1v) is 9.61. The van der Waals surface area contributed by atoms with Crippen LogP contribution in [0.1, 0.15) is 32.4 Å². The van der Waals surface area contributed by atoms with E-state index in [0.717, 1.165) is 28.6 Å². The number of rotatable bonds is 9. The number of nitrogens with zero attached hydrogens (tertiary/aromatic N) is 3. The van der Waals surface area contributed by atoms with Crippen molar-refractivity contribution in [3.8, 4) is 5.88 Å². The molecule has 0 radical (unpaired) electrons. The summed E-state index contributed by atoms with van der Waals surface area (Å²) in [5.41, 5.74) is 1.76. The molecule has 7 heteroatoms. The second kappa shape index (κ2) is 9.32. The average Bonchev–Trinajstić information content (AvgIpc) is 2.70. The summed E-state index contributed by atoms with van der Waals surface area (Å²) in [6, 6.07) is 8.02. The SMILES string of the molecule is CC[C@@H](C)Oc1nc(Nc2cc3cccc(NCCCO)c3cn2)cnc1C. The van der Waals surface area contributed by atoms with Crippen LogP contribution in [0.25, 0.3) is 10.8 Å². The number of hydrogen-bond acceptors (Lipinski definition) is 7. The van der Waals surface area contributed by atoms with Gasteiger partial charge in [-0.1, -0.05) is 19.1 Å². The van der Waals surface area contributed by atoms with E-state index in [4.69, 9.17) is 9.84 Å². The Labute approximate surface area is 165 Å². The van der Waals surface area contributed by atoms with Crippen LogP contribution in [0.15, 0.2) is 36.7 Å². The summed E-state index contributed by atoms with van der Waals surface area (Å²) in [5, 5.41) is 17.6. The van der Waals surface area contributed by atoms with E-state index >= 15 is 0 Å². The molecule has 0 saturated carbocycles. The summed E-state index contributed by atoms with van der Waals surface area (Å²) in [6.07, 6.45) is 5.20. The lowest BCUT2D eigenvalue weighted by atomic mass is 10.1. The third kappa shape index (κ3) is 4.86. The fraction of sp³-hybridized carbons (Fsp3) is 0.381. The number of nitrogens with one attached hydrogen (secondary N) is 2. The number of fused-ring (bicyclic) bond motifs is 1. The van der Waals surface area contributed by atoms with Gasteiger partial charge in [-0.25, -0.2) is 4.98 Å². The van der Waals surface area contributed by atoms with E-state index in [1.807, 2.05) is 44.3 Å². The van der Waals surface area contributed by atoms with Gasteiger partial charge in [0, 0.05) is 30.4 Å². The number of aliphatic hydroxyl groups excluding tert-OH is 1. The molecule has 1 aromatic carbocycles. The first-order valence-electron chi connectivity index (χ1n) is 9.61. The Bertz CT molecular complexity index is 932. The Balaban J connectivity index is 1.80. The van der Waals surface area contributed by atoms with Crippen LogP contribution < -0.4 is 15.4 Å². The van der Waals surface area contributed by atoms with Crippen molar-refractivity contribution in [3.63, 3.8) is 0 Å². The molecule has 2 heterocycles. The molecule has 0 fully saturated rings. The quantitative estimate of drug-likeness (QED) is 0.482. The molecule has 3 N–H and O–H groups in total. The molecule has 1 atom stereocenters. The number of aromatic nitrogens is 3. The Hall–Kier alpha value is -2.93. The number of ether oxygens (including phenoxy) is 1. The smallest absolute Gasteiger partial charge is 0.237 e. The molecule has 148 valence electrons. The fourth-order valence-corrected chi connectivity index (χ4v) is 2.71. The highest BCUT2D eigenvalue weighted by molar-refractivity contribution is 5.94. The van der Waals surface area contributed by atoms with Gasteiger partial charge in [-0.2, -0.15) is 4.98 Å². The van der Waals surface area contributed by atoms with Gasteiger partial charge in [0.2, 0.25) is 5.88 Å². The highest BCUT2D eigenvalue weighted by atomic mass is 16.5. The molecule has 3 aromatic rings. The molecule has 7 nitrogen and oxygen atoms in total. The second-order valence-electron chi connectivity index (χ2n) is 6.71. The molecular weight excluding hydrogens is 354 g/mol. The van der Waals surface area contributed by atoms with Crippen LogP contribution >= 0.6 is 0 Å². The van der Waals surface area contributed by atoms with E-state index in [-0.39, 0.29) is 12.7 Å². The average molecular weight is 381 g/mol. The molecule has 0 aliphatic rings. The normalized spacial score (nSPS) is 12.0. The van der Waals surface area contributed by atoms with Gasteiger partial charge < -0.3 is 20.5 Å². The number of benzene rings is 1.